The van der Waals surface area contributed by atoms with E-state index in [1.54, 1.807) is 7.11 Å². The van der Waals surface area contributed by atoms with E-state index in [1.807, 2.05) is 19.1 Å². The van der Waals surface area contributed by atoms with Gasteiger partial charge in [0.05, 0.1) is 12.3 Å². The number of nitrogen functional groups attached to an aromatic ring is 1. The van der Waals surface area contributed by atoms with Crippen molar-refractivity contribution in [1.82, 2.24) is 15.3 Å². The number of ether oxygens (including phenoxy) is 1. The lowest BCUT2D eigenvalue weighted by Gasteiger charge is -2.26. The molecule has 168 valence electrons. The van der Waals surface area contributed by atoms with Crippen LogP contribution in [0, 0.1) is 12.8 Å². The summed E-state index contributed by atoms with van der Waals surface area (Å²) in [5.41, 5.74) is 10.1. The fourth-order valence-corrected chi connectivity index (χ4v) is 5.86. The molecule has 1 amide bonds. The van der Waals surface area contributed by atoms with Gasteiger partial charge in [-0.3, -0.25) is 4.79 Å². The number of pyridine rings is 2. The molecular formula is C24H29N5O2S. The summed E-state index contributed by atoms with van der Waals surface area (Å²) >= 11 is 1.37. The molecule has 2 aliphatic rings. The van der Waals surface area contributed by atoms with Gasteiger partial charge in [0.2, 0.25) is 0 Å². The minimum atomic E-state index is -0.109. The first-order valence-electron chi connectivity index (χ1n) is 11.2. The average Bonchev–Trinajstić information content (AvgIpc) is 3.38. The largest absolute Gasteiger partial charge is 0.397 e. The summed E-state index contributed by atoms with van der Waals surface area (Å²) < 4.78 is 5.31. The van der Waals surface area contributed by atoms with Crippen LogP contribution in [0.15, 0.2) is 24.3 Å². The highest BCUT2D eigenvalue weighted by Crippen LogP contribution is 2.33. The van der Waals surface area contributed by atoms with Crippen molar-refractivity contribution in [2.24, 2.45) is 5.92 Å². The molecule has 1 aliphatic carbocycles. The average molecular weight is 452 g/mol. The number of thiophene rings is 1. The number of nitrogens with one attached hydrogen (secondary N) is 1. The second-order valence-electron chi connectivity index (χ2n) is 8.89. The van der Waals surface area contributed by atoms with E-state index in [2.05, 4.69) is 27.3 Å². The molecule has 8 heteroatoms. The maximum atomic E-state index is 13.0. The van der Waals surface area contributed by atoms with Gasteiger partial charge in [-0.25, -0.2) is 9.97 Å². The lowest BCUT2D eigenvalue weighted by molar-refractivity contribution is 0.0938. The Bertz CT molecular complexity index is 1160. The lowest BCUT2D eigenvalue weighted by Crippen LogP contribution is -2.39. The first-order valence-corrected chi connectivity index (χ1v) is 12.0. The predicted molar refractivity (Wildman–Crippen MR) is 128 cm³/mol. The molecule has 3 N–H and O–H groups in total. The molecule has 0 saturated carbocycles. The van der Waals surface area contributed by atoms with Crippen LogP contribution in [0.4, 0.5) is 11.5 Å². The van der Waals surface area contributed by atoms with Crippen LogP contribution in [0.1, 0.15) is 39.5 Å². The first kappa shape index (κ1) is 21.2. The molecule has 3 aromatic heterocycles. The van der Waals surface area contributed by atoms with Crippen molar-refractivity contribution in [2.75, 3.05) is 37.4 Å². The molecule has 0 unspecified atom stereocenters. The summed E-state index contributed by atoms with van der Waals surface area (Å²) in [6, 6.07) is 8.25. The van der Waals surface area contributed by atoms with E-state index in [1.165, 1.54) is 16.9 Å². The summed E-state index contributed by atoms with van der Waals surface area (Å²) in [4.78, 5) is 26.2. The number of carbonyl (C=O) groups is 1. The zero-order valence-corrected chi connectivity index (χ0v) is 19.4. The molecule has 7 nitrogen and oxygen atoms in total. The summed E-state index contributed by atoms with van der Waals surface area (Å²) in [5.74, 6) is 1.53. The fraction of sp³-hybridized carbons (Fsp3) is 0.458. The smallest absolute Gasteiger partial charge is 0.263 e. The fourth-order valence-electron chi connectivity index (χ4n) is 4.82. The molecule has 1 aliphatic heterocycles. The van der Waals surface area contributed by atoms with Crippen molar-refractivity contribution in [1.29, 1.82) is 0 Å². The van der Waals surface area contributed by atoms with Gasteiger partial charge in [0.25, 0.3) is 5.91 Å². The maximum Gasteiger partial charge on any atom is 0.263 e. The van der Waals surface area contributed by atoms with E-state index in [0.29, 0.717) is 16.5 Å². The monoisotopic (exact) mass is 451 g/mol. The van der Waals surface area contributed by atoms with Gasteiger partial charge in [-0.1, -0.05) is 6.07 Å². The zero-order chi connectivity index (χ0) is 22.2. The second-order valence-corrected chi connectivity index (χ2v) is 9.89. The van der Waals surface area contributed by atoms with Crippen molar-refractivity contribution >= 4 is 39.0 Å². The lowest BCUT2D eigenvalue weighted by atomic mass is 9.91. The number of hydrogen-bond donors (Lipinski definition) is 2. The number of nitrogens with zero attached hydrogens (tertiary/aromatic N) is 3. The molecule has 1 saturated heterocycles. The molecular weight excluding hydrogens is 422 g/mol. The van der Waals surface area contributed by atoms with Gasteiger partial charge < -0.3 is 20.7 Å². The topological polar surface area (TPSA) is 93.4 Å². The summed E-state index contributed by atoms with van der Waals surface area (Å²) in [5, 5.41) is 4.05. The van der Waals surface area contributed by atoms with Crippen molar-refractivity contribution in [3.63, 3.8) is 0 Å². The van der Waals surface area contributed by atoms with Crippen LogP contribution >= 0.6 is 11.3 Å². The molecule has 3 aromatic rings. The molecule has 0 aromatic carbocycles. The third-order valence-electron chi connectivity index (χ3n) is 6.54. The number of aryl methyl sites for hydroxylation is 2. The Balaban J connectivity index is 1.26. The Morgan fingerprint density at radius 3 is 3.00 bits per heavy atom. The van der Waals surface area contributed by atoms with Crippen molar-refractivity contribution in [2.45, 2.75) is 38.6 Å². The van der Waals surface area contributed by atoms with Gasteiger partial charge in [-0.15, -0.1) is 11.3 Å². The standard InChI is InChI=1S/C24H29N5O2S/c1-14-3-6-18-21(25)22(32-24(18)26-14)23(30)27-17-5-7-19-16(11-17)4-8-20(28-19)29-10-9-15(12-29)13-31-2/h3-4,6,8,15,17H,5,7,9-13,25H2,1-2H3,(H,27,30)/t15-,17-/m0/s1. The van der Waals surface area contributed by atoms with Crippen LogP contribution in [-0.2, 0) is 17.6 Å². The number of carbonyl (C=O) groups excluding carboxylic acids is 1. The van der Waals surface area contributed by atoms with Crippen LogP contribution in [0.3, 0.4) is 0 Å². The van der Waals surface area contributed by atoms with Crippen LogP contribution in [0.2, 0.25) is 0 Å². The van der Waals surface area contributed by atoms with Crippen LogP contribution in [0.5, 0.6) is 0 Å². The van der Waals surface area contributed by atoms with Crippen LogP contribution in [-0.4, -0.2) is 48.7 Å². The van der Waals surface area contributed by atoms with Gasteiger partial charge >= 0.3 is 0 Å². The Morgan fingerprint density at radius 2 is 2.16 bits per heavy atom. The number of methoxy groups -OCH3 is 1. The first-order chi connectivity index (χ1) is 15.5. The molecule has 0 bridgehead atoms. The number of rotatable bonds is 5. The van der Waals surface area contributed by atoms with Crippen molar-refractivity contribution in [3.05, 3.63) is 46.1 Å². The van der Waals surface area contributed by atoms with E-state index in [0.717, 1.165) is 72.8 Å². The van der Waals surface area contributed by atoms with Crippen molar-refractivity contribution < 1.29 is 9.53 Å². The molecule has 1 fully saturated rings. The highest BCUT2D eigenvalue weighted by Gasteiger charge is 2.27. The third-order valence-corrected chi connectivity index (χ3v) is 7.65. The Kier molecular flexibility index (Phi) is 5.73. The van der Waals surface area contributed by atoms with E-state index in [-0.39, 0.29) is 11.9 Å². The Morgan fingerprint density at radius 1 is 1.28 bits per heavy atom. The highest BCUT2D eigenvalue weighted by molar-refractivity contribution is 7.21. The minimum absolute atomic E-state index is 0.0832. The Hall–Kier alpha value is -2.71. The molecule has 2 atom stereocenters. The zero-order valence-electron chi connectivity index (χ0n) is 18.6. The third kappa shape index (κ3) is 4.04. The minimum Gasteiger partial charge on any atom is -0.397 e. The van der Waals surface area contributed by atoms with E-state index in [9.17, 15) is 4.79 Å². The summed E-state index contributed by atoms with van der Waals surface area (Å²) in [6.45, 7) is 4.78. The SMILES string of the molecule is COC[C@H]1CCN(c2ccc3c(n2)CC[C@H](NC(=O)c2sc4nc(C)ccc4c2N)C3)C1. The maximum absolute atomic E-state index is 13.0. The summed E-state index contributed by atoms with van der Waals surface area (Å²) in [6.07, 6.45) is 3.69. The van der Waals surface area contributed by atoms with Crippen LogP contribution in [0.25, 0.3) is 10.2 Å². The predicted octanol–water partition coefficient (Wildman–Crippen LogP) is 3.34. The van der Waals surface area contributed by atoms with Gasteiger partial charge in [0.15, 0.2) is 0 Å². The number of fused-ring (bicyclic) bond motifs is 2. The van der Waals surface area contributed by atoms with Gasteiger partial charge in [0.1, 0.15) is 15.5 Å². The molecule has 5 rings (SSSR count). The van der Waals surface area contributed by atoms with Crippen LogP contribution < -0.4 is 16.0 Å². The molecule has 0 radical (unpaired) electrons. The van der Waals surface area contributed by atoms with Gasteiger partial charge in [-0.05, 0) is 56.4 Å². The van der Waals surface area contributed by atoms with Crippen molar-refractivity contribution in [3.8, 4) is 0 Å². The molecule has 0 spiro atoms. The van der Waals surface area contributed by atoms with Gasteiger partial charge in [0, 0.05) is 48.9 Å². The number of aromatic nitrogens is 2. The van der Waals surface area contributed by atoms with Gasteiger partial charge in [-0.2, -0.15) is 0 Å². The quantitative estimate of drug-likeness (QED) is 0.618. The second kappa shape index (κ2) is 8.67. The summed E-state index contributed by atoms with van der Waals surface area (Å²) in [7, 11) is 1.77. The highest BCUT2D eigenvalue weighted by atomic mass is 32.1. The number of nitrogens with two attached hydrogens (primary N) is 1. The van der Waals surface area contributed by atoms with E-state index in [4.69, 9.17) is 15.5 Å². The number of hydrogen-bond acceptors (Lipinski definition) is 7. The molecule has 4 heterocycles. The number of amides is 1. The molecule has 32 heavy (non-hydrogen) atoms. The van der Waals surface area contributed by atoms with E-state index < -0.39 is 0 Å². The number of anilines is 2. The van der Waals surface area contributed by atoms with E-state index >= 15 is 0 Å². The normalized spacial score (nSPS) is 20.5. The Labute approximate surface area is 192 Å².